The Bertz CT molecular complexity index is 1310. The fourth-order valence-corrected chi connectivity index (χ4v) is 3.26. The Labute approximate surface area is 154 Å². The average molecular weight is 353 g/mol. The van der Waals surface area contributed by atoms with E-state index in [1.807, 2.05) is 66.7 Å². The Hall–Kier alpha value is -3.80. The van der Waals surface area contributed by atoms with Crippen LogP contribution in [0.1, 0.15) is 5.56 Å². The molecule has 0 aliphatic heterocycles. The van der Waals surface area contributed by atoms with Crippen molar-refractivity contribution in [1.82, 2.24) is 24.4 Å². The highest BCUT2D eigenvalue weighted by molar-refractivity contribution is 5.82. The van der Waals surface area contributed by atoms with Crippen LogP contribution in [0.4, 0.5) is 0 Å². The van der Waals surface area contributed by atoms with Crippen molar-refractivity contribution < 1.29 is 0 Å². The van der Waals surface area contributed by atoms with Crippen LogP contribution in [0.25, 0.3) is 27.8 Å². The van der Waals surface area contributed by atoms with Gasteiger partial charge in [0.1, 0.15) is 5.52 Å². The van der Waals surface area contributed by atoms with E-state index in [-0.39, 0.29) is 5.56 Å². The minimum atomic E-state index is -0.178. The van der Waals surface area contributed by atoms with Gasteiger partial charge in [0.25, 0.3) is 5.56 Å². The molecule has 0 unspecified atom stereocenters. The molecule has 5 aromatic rings. The molecular formula is C21H15N5O. The molecule has 0 saturated heterocycles. The summed E-state index contributed by atoms with van der Waals surface area (Å²) in [6, 6.07) is 21.6. The maximum absolute atomic E-state index is 12.9. The number of fused-ring (bicyclic) bond motifs is 3. The summed E-state index contributed by atoms with van der Waals surface area (Å²) in [4.78, 5) is 12.9. The average Bonchev–Trinajstić information content (AvgIpc) is 3.16. The highest BCUT2D eigenvalue weighted by Gasteiger charge is 2.14. The van der Waals surface area contributed by atoms with Gasteiger partial charge in [-0.25, -0.2) is 4.52 Å². The van der Waals surface area contributed by atoms with Gasteiger partial charge in [-0.1, -0.05) is 60.7 Å². The Morgan fingerprint density at radius 1 is 0.852 bits per heavy atom. The standard InChI is InChI=1S/C21H15N5O/c27-21-19-18(11-12-25(21)14-15-7-3-1-4-8-15)26-20(24-23-19)17(13-22-26)16-9-5-2-6-10-16/h1-13H,14H2. The fourth-order valence-electron chi connectivity index (χ4n) is 3.26. The molecule has 0 fully saturated rings. The molecular weight excluding hydrogens is 338 g/mol. The van der Waals surface area contributed by atoms with E-state index < -0.39 is 0 Å². The third-order valence-corrected chi connectivity index (χ3v) is 4.62. The van der Waals surface area contributed by atoms with E-state index in [1.165, 1.54) is 0 Å². The van der Waals surface area contributed by atoms with Crippen molar-refractivity contribution in [3.05, 3.63) is 95.0 Å². The van der Waals surface area contributed by atoms with Gasteiger partial charge >= 0.3 is 0 Å². The normalized spacial score (nSPS) is 11.3. The van der Waals surface area contributed by atoms with Crippen LogP contribution in [0.3, 0.4) is 0 Å². The maximum Gasteiger partial charge on any atom is 0.280 e. The highest BCUT2D eigenvalue weighted by atomic mass is 16.1. The van der Waals surface area contributed by atoms with Crippen LogP contribution in [-0.4, -0.2) is 24.4 Å². The molecule has 0 aliphatic rings. The van der Waals surface area contributed by atoms with Crippen molar-refractivity contribution in [2.45, 2.75) is 6.54 Å². The lowest BCUT2D eigenvalue weighted by molar-refractivity contribution is 0.760. The molecule has 0 N–H and O–H groups in total. The first kappa shape index (κ1) is 15.5. The lowest BCUT2D eigenvalue weighted by atomic mass is 10.1. The minimum absolute atomic E-state index is 0.178. The number of nitrogens with zero attached hydrogens (tertiary/aromatic N) is 5. The van der Waals surface area contributed by atoms with Crippen molar-refractivity contribution in [1.29, 1.82) is 0 Å². The summed E-state index contributed by atoms with van der Waals surface area (Å²) in [5, 5.41) is 13.0. The number of aromatic nitrogens is 5. The molecule has 0 aliphatic carbocycles. The summed E-state index contributed by atoms with van der Waals surface area (Å²) in [5.74, 6) is 0. The molecule has 0 spiro atoms. The highest BCUT2D eigenvalue weighted by Crippen LogP contribution is 2.23. The molecule has 0 amide bonds. The Balaban J connectivity index is 1.66. The summed E-state index contributed by atoms with van der Waals surface area (Å²) < 4.78 is 3.32. The molecule has 0 bridgehead atoms. The largest absolute Gasteiger partial charge is 0.309 e. The van der Waals surface area contributed by atoms with Crippen LogP contribution in [0.5, 0.6) is 0 Å². The number of hydrogen-bond donors (Lipinski definition) is 0. The molecule has 0 saturated carbocycles. The summed E-state index contributed by atoms with van der Waals surface area (Å²) in [6.45, 7) is 0.490. The molecule has 3 aromatic heterocycles. The van der Waals surface area contributed by atoms with Crippen molar-refractivity contribution in [2.24, 2.45) is 0 Å². The topological polar surface area (TPSA) is 65.1 Å². The van der Waals surface area contributed by atoms with E-state index in [0.29, 0.717) is 23.2 Å². The van der Waals surface area contributed by atoms with E-state index in [1.54, 1.807) is 21.5 Å². The Morgan fingerprint density at radius 3 is 2.37 bits per heavy atom. The monoisotopic (exact) mass is 353 g/mol. The lowest BCUT2D eigenvalue weighted by Gasteiger charge is -2.07. The minimum Gasteiger partial charge on any atom is -0.309 e. The van der Waals surface area contributed by atoms with Gasteiger partial charge < -0.3 is 4.57 Å². The zero-order valence-corrected chi connectivity index (χ0v) is 14.4. The molecule has 2 aromatic carbocycles. The summed E-state index contributed by atoms with van der Waals surface area (Å²) in [6.07, 6.45) is 3.54. The second-order valence-corrected chi connectivity index (χ2v) is 6.33. The van der Waals surface area contributed by atoms with Crippen LogP contribution < -0.4 is 5.56 Å². The number of benzene rings is 2. The van der Waals surface area contributed by atoms with Crippen molar-refractivity contribution in [3.63, 3.8) is 0 Å². The van der Waals surface area contributed by atoms with Gasteiger partial charge in [-0.3, -0.25) is 4.79 Å². The zero-order chi connectivity index (χ0) is 18.2. The van der Waals surface area contributed by atoms with Gasteiger partial charge in [0.15, 0.2) is 11.2 Å². The molecule has 5 rings (SSSR count). The fraction of sp³-hybridized carbons (Fsp3) is 0.0476. The van der Waals surface area contributed by atoms with E-state index in [9.17, 15) is 4.79 Å². The predicted octanol–water partition coefficient (Wildman–Crippen LogP) is 3.15. The van der Waals surface area contributed by atoms with E-state index in [2.05, 4.69) is 15.3 Å². The van der Waals surface area contributed by atoms with Crippen molar-refractivity contribution in [3.8, 4) is 11.1 Å². The van der Waals surface area contributed by atoms with Crippen LogP contribution >= 0.6 is 0 Å². The van der Waals surface area contributed by atoms with Gasteiger partial charge in [0, 0.05) is 11.8 Å². The van der Waals surface area contributed by atoms with Gasteiger partial charge in [0.05, 0.1) is 12.7 Å². The van der Waals surface area contributed by atoms with Gasteiger partial charge in [-0.2, -0.15) is 5.10 Å². The van der Waals surface area contributed by atoms with E-state index in [0.717, 1.165) is 16.7 Å². The van der Waals surface area contributed by atoms with Crippen molar-refractivity contribution in [2.75, 3.05) is 0 Å². The van der Waals surface area contributed by atoms with Gasteiger partial charge in [-0.15, -0.1) is 10.2 Å². The molecule has 3 heterocycles. The molecule has 6 nitrogen and oxygen atoms in total. The molecule has 130 valence electrons. The third-order valence-electron chi connectivity index (χ3n) is 4.62. The summed E-state index contributed by atoms with van der Waals surface area (Å²) >= 11 is 0. The molecule has 27 heavy (non-hydrogen) atoms. The first-order valence-electron chi connectivity index (χ1n) is 8.64. The van der Waals surface area contributed by atoms with Gasteiger partial charge in [0.2, 0.25) is 0 Å². The first-order valence-corrected chi connectivity index (χ1v) is 8.64. The maximum atomic E-state index is 12.9. The van der Waals surface area contributed by atoms with Crippen LogP contribution in [0.2, 0.25) is 0 Å². The Kier molecular flexibility index (Phi) is 3.53. The first-order chi connectivity index (χ1) is 13.3. The van der Waals surface area contributed by atoms with E-state index in [4.69, 9.17) is 0 Å². The van der Waals surface area contributed by atoms with Crippen LogP contribution in [0.15, 0.2) is 83.9 Å². The third kappa shape index (κ3) is 2.58. The van der Waals surface area contributed by atoms with Gasteiger partial charge in [-0.05, 0) is 17.2 Å². The SMILES string of the molecule is O=c1c2nnc3c(-c4ccccc4)cnn3c2ccn1Cc1ccccc1. The number of pyridine rings is 1. The second kappa shape index (κ2) is 6.17. The predicted molar refractivity (Wildman–Crippen MR) is 104 cm³/mol. The van der Waals surface area contributed by atoms with Crippen molar-refractivity contribution >= 4 is 16.7 Å². The zero-order valence-electron chi connectivity index (χ0n) is 14.4. The number of hydrogen-bond acceptors (Lipinski definition) is 4. The van der Waals surface area contributed by atoms with E-state index >= 15 is 0 Å². The molecule has 0 atom stereocenters. The smallest absolute Gasteiger partial charge is 0.280 e. The lowest BCUT2D eigenvalue weighted by Crippen LogP contribution is -2.22. The van der Waals surface area contributed by atoms with Crippen LogP contribution in [0, 0.1) is 0 Å². The molecule has 0 radical (unpaired) electrons. The summed E-state index contributed by atoms with van der Waals surface area (Å²) in [5.41, 5.74) is 4.37. The quantitative estimate of drug-likeness (QED) is 0.500. The number of rotatable bonds is 3. The second-order valence-electron chi connectivity index (χ2n) is 6.33. The summed E-state index contributed by atoms with van der Waals surface area (Å²) in [7, 11) is 0. The van der Waals surface area contributed by atoms with Crippen LogP contribution in [-0.2, 0) is 6.54 Å². The molecule has 6 heteroatoms. The Morgan fingerprint density at radius 2 is 1.59 bits per heavy atom.